The highest BCUT2D eigenvalue weighted by Crippen LogP contribution is 2.33. The summed E-state index contributed by atoms with van der Waals surface area (Å²) in [5.74, 6) is -0.781. The van der Waals surface area contributed by atoms with Crippen LogP contribution < -0.4 is 0 Å². The summed E-state index contributed by atoms with van der Waals surface area (Å²) in [6.45, 7) is 5.34. The number of carbonyl (C=O) groups is 1. The van der Waals surface area contributed by atoms with Gasteiger partial charge >= 0.3 is 16.1 Å². The van der Waals surface area contributed by atoms with Crippen molar-refractivity contribution < 1.29 is 17.4 Å². The van der Waals surface area contributed by atoms with E-state index in [1.165, 1.54) is 0 Å². The average Bonchev–Trinajstić information content (AvgIpc) is 2.33. The lowest BCUT2D eigenvalue weighted by Gasteiger charge is -2.06. The molecule has 1 aliphatic rings. The molecule has 0 saturated carbocycles. The molecule has 0 radical (unpaired) electrons. The summed E-state index contributed by atoms with van der Waals surface area (Å²) in [6.07, 6.45) is 0. The Bertz CT molecular complexity index is 570. The maximum Gasteiger partial charge on any atom is 0.355 e. The molecule has 1 aromatic rings. The fourth-order valence-corrected chi connectivity index (χ4v) is 3.03. The van der Waals surface area contributed by atoms with Crippen LogP contribution in [0.4, 0.5) is 0 Å². The molecule has 0 aromatic heterocycles. The van der Waals surface area contributed by atoms with Crippen molar-refractivity contribution in [2.45, 2.75) is 25.7 Å². The van der Waals surface area contributed by atoms with Gasteiger partial charge in [0.15, 0.2) is 0 Å². The molecule has 2 rings (SSSR count). The van der Waals surface area contributed by atoms with Crippen LogP contribution in [0.5, 0.6) is 0 Å². The Morgan fingerprint density at radius 2 is 1.73 bits per heavy atom. The van der Waals surface area contributed by atoms with Crippen LogP contribution in [0.25, 0.3) is 0 Å². The zero-order chi connectivity index (χ0) is 11.4. The van der Waals surface area contributed by atoms with Gasteiger partial charge in [0.05, 0.1) is 5.56 Å². The largest absolute Gasteiger partial charge is 0.355 e. The van der Waals surface area contributed by atoms with Crippen molar-refractivity contribution in [1.29, 1.82) is 0 Å². The molecule has 0 atom stereocenters. The second-order valence-corrected chi connectivity index (χ2v) is 5.13. The molecule has 4 nitrogen and oxygen atoms in total. The first-order valence-corrected chi connectivity index (χ1v) is 5.85. The molecule has 1 aromatic carbocycles. The van der Waals surface area contributed by atoms with Gasteiger partial charge in [0.2, 0.25) is 0 Å². The standard InChI is InChI=1S/C10H10O4S/c1-5-4-8-9(7(3)6(5)2)15(12,13)14-10(8)11/h4H,1-3H3. The lowest BCUT2D eigenvalue weighted by atomic mass is 10.0. The van der Waals surface area contributed by atoms with Gasteiger partial charge in [-0.15, -0.1) is 0 Å². The number of carbonyl (C=O) groups excluding carboxylic acids is 1. The minimum absolute atomic E-state index is 0.0237. The van der Waals surface area contributed by atoms with Crippen LogP contribution in [-0.4, -0.2) is 14.4 Å². The van der Waals surface area contributed by atoms with Crippen molar-refractivity contribution in [1.82, 2.24) is 0 Å². The fraction of sp³-hybridized carbons (Fsp3) is 0.300. The van der Waals surface area contributed by atoms with Gasteiger partial charge in [0, 0.05) is 0 Å². The van der Waals surface area contributed by atoms with E-state index < -0.39 is 16.1 Å². The highest BCUT2D eigenvalue weighted by atomic mass is 32.2. The molecule has 0 saturated heterocycles. The molecule has 0 amide bonds. The van der Waals surface area contributed by atoms with Crippen molar-refractivity contribution in [3.8, 4) is 0 Å². The van der Waals surface area contributed by atoms with Crippen molar-refractivity contribution in [2.24, 2.45) is 0 Å². The van der Waals surface area contributed by atoms with E-state index in [4.69, 9.17) is 0 Å². The van der Waals surface area contributed by atoms with Gasteiger partial charge in [0.1, 0.15) is 4.90 Å². The summed E-state index contributed by atoms with van der Waals surface area (Å²) < 4.78 is 27.4. The predicted octanol–water partition coefficient (Wildman–Crippen LogP) is 1.47. The summed E-state index contributed by atoms with van der Waals surface area (Å²) in [5, 5.41) is 0. The SMILES string of the molecule is Cc1cc2c(c(C)c1C)S(=O)(=O)OC2=O. The Morgan fingerprint density at radius 1 is 1.13 bits per heavy atom. The van der Waals surface area contributed by atoms with E-state index >= 15 is 0 Å². The summed E-state index contributed by atoms with van der Waals surface area (Å²) in [4.78, 5) is 11.3. The molecular weight excluding hydrogens is 216 g/mol. The first-order valence-electron chi connectivity index (χ1n) is 4.44. The third-order valence-electron chi connectivity index (χ3n) is 2.76. The smallest absolute Gasteiger partial charge is 0.338 e. The van der Waals surface area contributed by atoms with Crippen molar-refractivity contribution in [3.63, 3.8) is 0 Å². The van der Waals surface area contributed by atoms with Crippen LogP contribution in [0.2, 0.25) is 0 Å². The number of hydrogen-bond donors (Lipinski definition) is 0. The van der Waals surface area contributed by atoms with Crippen LogP contribution in [0.15, 0.2) is 11.0 Å². The number of rotatable bonds is 0. The third-order valence-corrected chi connectivity index (χ3v) is 4.15. The second kappa shape index (κ2) is 2.82. The molecule has 0 aliphatic carbocycles. The summed E-state index contributed by atoms with van der Waals surface area (Å²) in [5.41, 5.74) is 2.50. The molecule has 15 heavy (non-hydrogen) atoms. The van der Waals surface area contributed by atoms with Gasteiger partial charge < -0.3 is 4.18 Å². The van der Waals surface area contributed by atoms with Crippen LogP contribution in [0.1, 0.15) is 27.0 Å². The fourth-order valence-electron chi connectivity index (χ4n) is 1.72. The average molecular weight is 226 g/mol. The summed E-state index contributed by atoms with van der Waals surface area (Å²) >= 11 is 0. The normalized spacial score (nSPS) is 17.4. The number of aryl methyl sites for hydroxylation is 1. The van der Waals surface area contributed by atoms with Crippen molar-refractivity contribution in [3.05, 3.63) is 28.3 Å². The van der Waals surface area contributed by atoms with Gasteiger partial charge in [-0.05, 0) is 43.5 Å². The highest BCUT2D eigenvalue weighted by molar-refractivity contribution is 7.87. The maximum absolute atomic E-state index is 11.5. The van der Waals surface area contributed by atoms with Crippen molar-refractivity contribution in [2.75, 3.05) is 0 Å². The monoisotopic (exact) mass is 226 g/mol. The van der Waals surface area contributed by atoms with E-state index in [0.29, 0.717) is 5.56 Å². The van der Waals surface area contributed by atoms with Gasteiger partial charge in [-0.25, -0.2) is 4.79 Å². The molecule has 0 unspecified atom stereocenters. The van der Waals surface area contributed by atoms with E-state index in [2.05, 4.69) is 4.18 Å². The van der Waals surface area contributed by atoms with Crippen LogP contribution in [-0.2, 0) is 14.3 Å². The van der Waals surface area contributed by atoms with Crippen LogP contribution in [0, 0.1) is 20.8 Å². The Balaban J connectivity index is 2.94. The van der Waals surface area contributed by atoms with Gasteiger partial charge in [0.25, 0.3) is 0 Å². The lowest BCUT2D eigenvalue weighted by Crippen LogP contribution is -2.01. The second-order valence-electron chi connectivity index (χ2n) is 3.65. The van der Waals surface area contributed by atoms with E-state index in [1.807, 2.05) is 13.8 Å². The molecule has 0 bridgehead atoms. The Labute approximate surface area is 88.0 Å². The zero-order valence-corrected chi connectivity index (χ0v) is 9.44. The van der Waals surface area contributed by atoms with Gasteiger partial charge in [-0.3, -0.25) is 0 Å². The lowest BCUT2D eigenvalue weighted by molar-refractivity contribution is 0.0762. The van der Waals surface area contributed by atoms with E-state index in [1.54, 1.807) is 13.0 Å². The molecule has 1 aliphatic heterocycles. The van der Waals surface area contributed by atoms with Gasteiger partial charge in [-0.1, -0.05) is 0 Å². The molecule has 1 heterocycles. The molecule has 5 heteroatoms. The molecule has 0 spiro atoms. The van der Waals surface area contributed by atoms with Crippen molar-refractivity contribution >= 4 is 16.1 Å². The zero-order valence-electron chi connectivity index (χ0n) is 8.62. The Hall–Kier alpha value is -1.36. The first kappa shape index (κ1) is 10.2. The summed E-state index contributed by atoms with van der Waals surface area (Å²) in [7, 11) is -3.87. The third kappa shape index (κ3) is 1.26. The van der Waals surface area contributed by atoms with Crippen LogP contribution in [0.3, 0.4) is 0 Å². The highest BCUT2D eigenvalue weighted by Gasteiger charge is 2.37. The predicted molar refractivity (Wildman–Crippen MR) is 53.3 cm³/mol. The van der Waals surface area contributed by atoms with Gasteiger partial charge in [-0.2, -0.15) is 8.42 Å². The molecule has 0 N–H and O–H groups in total. The van der Waals surface area contributed by atoms with E-state index in [9.17, 15) is 13.2 Å². The number of hydrogen-bond acceptors (Lipinski definition) is 4. The minimum Gasteiger partial charge on any atom is -0.338 e. The maximum atomic E-state index is 11.5. The number of fused-ring (bicyclic) bond motifs is 1. The molecular formula is C10H10O4S. The molecule has 0 fully saturated rings. The Kier molecular flexibility index (Phi) is 1.91. The first-order chi connectivity index (χ1) is 6.84. The number of benzene rings is 1. The van der Waals surface area contributed by atoms with E-state index in [-0.39, 0.29) is 10.5 Å². The Morgan fingerprint density at radius 3 is 2.33 bits per heavy atom. The minimum atomic E-state index is -3.87. The van der Waals surface area contributed by atoms with E-state index in [0.717, 1.165) is 11.1 Å². The molecule has 80 valence electrons. The topological polar surface area (TPSA) is 60.4 Å². The quantitative estimate of drug-likeness (QED) is 0.628. The summed E-state index contributed by atoms with van der Waals surface area (Å²) in [6, 6.07) is 1.56. The van der Waals surface area contributed by atoms with Crippen LogP contribution >= 0.6 is 0 Å².